The molecule has 11 nitrogen and oxygen atoms in total. The Hall–Kier alpha value is -4.06. The Balaban J connectivity index is 2.21. The maximum atomic E-state index is 13.5. The fraction of sp³-hybridized carbons (Fsp3) is 0.452. The van der Waals surface area contributed by atoms with Crippen molar-refractivity contribution in [3.8, 4) is 0 Å². The van der Waals surface area contributed by atoms with Crippen LogP contribution in [0.2, 0.25) is 0 Å². The number of carbonyl (C=O) groups excluding carboxylic acids is 5. The van der Waals surface area contributed by atoms with E-state index in [0.29, 0.717) is 5.75 Å². The highest BCUT2D eigenvalue weighted by atomic mass is 32.2. The average Bonchev–Trinajstić information content (AvgIpc) is 2.95. The van der Waals surface area contributed by atoms with Crippen LogP contribution in [0.15, 0.2) is 60.7 Å². The first-order valence-electron chi connectivity index (χ1n) is 14.0. The predicted molar refractivity (Wildman–Crippen MR) is 165 cm³/mol. The second kappa shape index (κ2) is 17.8. The van der Waals surface area contributed by atoms with Crippen LogP contribution >= 0.6 is 11.8 Å². The molecule has 0 aliphatic heterocycles. The molecule has 0 heterocycles. The lowest BCUT2D eigenvalue weighted by atomic mass is 10.0. The maximum absolute atomic E-state index is 13.5. The van der Waals surface area contributed by atoms with E-state index in [4.69, 9.17) is 15.2 Å². The largest absolute Gasteiger partial charge is 0.459 e. The van der Waals surface area contributed by atoms with Gasteiger partial charge in [-0.15, -0.1) is 0 Å². The van der Waals surface area contributed by atoms with Crippen molar-refractivity contribution in [1.29, 1.82) is 0 Å². The second-order valence-corrected chi connectivity index (χ2v) is 11.9. The van der Waals surface area contributed by atoms with E-state index in [1.807, 2.05) is 66.9 Å². The van der Waals surface area contributed by atoms with E-state index >= 15 is 0 Å². The van der Waals surface area contributed by atoms with E-state index in [0.717, 1.165) is 11.1 Å². The van der Waals surface area contributed by atoms with E-state index in [9.17, 15) is 24.0 Å². The first-order chi connectivity index (χ1) is 20.4. The van der Waals surface area contributed by atoms with E-state index in [-0.39, 0.29) is 32.3 Å². The molecule has 2 rings (SSSR count). The number of hydrogen-bond donors (Lipinski definition) is 4. The van der Waals surface area contributed by atoms with Gasteiger partial charge in [-0.1, -0.05) is 60.7 Å². The van der Waals surface area contributed by atoms with Crippen molar-refractivity contribution in [2.75, 3.05) is 12.0 Å². The standard InChI is InChI=1S/C31H42N4O7S/c1-31(2,3)42-30(40)35-23(15-16-26(32)36)27(37)33-24(17-18-43-4)28(38)34-25(19-21-11-7-5-8-12-21)29(39)41-20-22-13-9-6-10-14-22/h5-14,23-25H,15-20H2,1-4H3,(H2,32,36)(H,33,37)(H,34,38)(H,35,40)/t23-,24+,25-/m0/s1. The maximum Gasteiger partial charge on any atom is 0.408 e. The predicted octanol–water partition coefficient (Wildman–Crippen LogP) is 2.85. The van der Waals surface area contributed by atoms with Gasteiger partial charge in [-0.05, 0) is 56.7 Å². The van der Waals surface area contributed by atoms with E-state index < -0.39 is 53.5 Å². The molecule has 2 aromatic carbocycles. The Morgan fingerprint density at radius 1 is 0.791 bits per heavy atom. The lowest BCUT2D eigenvalue weighted by Crippen LogP contribution is -2.56. The summed E-state index contributed by atoms with van der Waals surface area (Å²) in [5, 5.41) is 7.89. The topological polar surface area (TPSA) is 166 Å². The van der Waals surface area contributed by atoms with Gasteiger partial charge in [0.2, 0.25) is 17.7 Å². The van der Waals surface area contributed by atoms with Crippen LogP contribution in [0, 0.1) is 0 Å². The summed E-state index contributed by atoms with van der Waals surface area (Å²) >= 11 is 1.47. The zero-order valence-corrected chi connectivity index (χ0v) is 25.9. The highest BCUT2D eigenvalue weighted by molar-refractivity contribution is 7.98. The molecule has 3 atom stereocenters. The van der Waals surface area contributed by atoms with Gasteiger partial charge in [-0.3, -0.25) is 14.4 Å². The van der Waals surface area contributed by atoms with Crippen molar-refractivity contribution in [2.45, 2.75) is 76.8 Å². The van der Waals surface area contributed by atoms with Gasteiger partial charge in [-0.25, -0.2) is 9.59 Å². The van der Waals surface area contributed by atoms with Crippen molar-refractivity contribution in [3.63, 3.8) is 0 Å². The molecule has 0 saturated heterocycles. The van der Waals surface area contributed by atoms with Crippen molar-refractivity contribution >= 4 is 41.5 Å². The summed E-state index contributed by atoms with van der Waals surface area (Å²) in [5.41, 5.74) is 6.05. The monoisotopic (exact) mass is 614 g/mol. The Labute approximate surface area is 257 Å². The molecular formula is C31H42N4O7S. The first-order valence-corrected chi connectivity index (χ1v) is 15.4. The second-order valence-electron chi connectivity index (χ2n) is 10.9. The van der Waals surface area contributed by atoms with Crippen molar-refractivity contribution in [3.05, 3.63) is 71.8 Å². The third kappa shape index (κ3) is 14.1. The van der Waals surface area contributed by atoms with Gasteiger partial charge in [0.25, 0.3) is 0 Å². The number of alkyl carbamates (subject to hydrolysis) is 1. The summed E-state index contributed by atoms with van der Waals surface area (Å²) in [6.45, 7) is 5.05. The number of ether oxygens (including phenoxy) is 2. The number of hydrogen-bond acceptors (Lipinski definition) is 8. The average molecular weight is 615 g/mol. The summed E-state index contributed by atoms with van der Waals surface area (Å²) in [6.07, 6.45) is 1.14. The number of amides is 4. The number of nitrogens with two attached hydrogens (primary N) is 1. The van der Waals surface area contributed by atoms with E-state index in [1.165, 1.54) is 11.8 Å². The summed E-state index contributed by atoms with van der Waals surface area (Å²) < 4.78 is 10.8. The molecule has 43 heavy (non-hydrogen) atoms. The minimum absolute atomic E-state index is 0.0331. The van der Waals surface area contributed by atoms with Crippen LogP contribution in [0.5, 0.6) is 0 Å². The van der Waals surface area contributed by atoms with E-state index in [1.54, 1.807) is 20.8 Å². The summed E-state index contributed by atoms with van der Waals surface area (Å²) in [7, 11) is 0. The van der Waals surface area contributed by atoms with Gasteiger partial charge in [0, 0.05) is 12.8 Å². The number of primary amides is 1. The number of benzene rings is 2. The molecule has 234 valence electrons. The Morgan fingerprint density at radius 3 is 1.86 bits per heavy atom. The zero-order valence-electron chi connectivity index (χ0n) is 25.1. The molecule has 0 radical (unpaired) electrons. The third-order valence-electron chi connectivity index (χ3n) is 6.04. The van der Waals surface area contributed by atoms with Crippen molar-refractivity contribution in [1.82, 2.24) is 16.0 Å². The fourth-order valence-electron chi connectivity index (χ4n) is 3.93. The van der Waals surface area contributed by atoms with Gasteiger partial charge < -0.3 is 31.2 Å². The number of carbonyl (C=O) groups is 5. The number of esters is 1. The quantitative estimate of drug-likeness (QED) is 0.210. The van der Waals surface area contributed by atoms with Crippen LogP contribution in [0.4, 0.5) is 4.79 Å². The molecule has 0 spiro atoms. The zero-order chi connectivity index (χ0) is 31.8. The molecule has 12 heteroatoms. The molecular weight excluding hydrogens is 572 g/mol. The minimum atomic E-state index is -1.19. The van der Waals surface area contributed by atoms with E-state index in [2.05, 4.69) is 16.0 Å². The van der Waals surface area contributed by atoms with Crippen molar-refractivity contribution in [2.24, 2.45) is 5.73 Å². The first kappa shape index (κ1) is 35.1. The summed E-state index contributed by atoms with van der Waals surface area (Å²) in [6, 6.07) is 15.1. The van der Waals surface area contributed by atoms with Gasteiger partial charge in [0.15, 0.2) is 0 Å². The molecule has 0 bridgehead atoms. The molecule has 4 amide bonds. The molecule has 0 aliphatic carbocycles. The SMILES string of the molecule is CSCC[C@@H](NC(=O)[C@H](CCC(N)=O)NC(=O)OC(C)(C)C)C(=O)N[C@@H](Cc1ccccc1)C(=O)OCc1ccccc1. The lowest BCUT2D eigenvalue weighted by Gasteiger charge is -2.26. The summed E-state index contributed by atoms with van der Waals surface area (Å²) in [4.78, 5) is 63.8. The summed E-state index contributed by atoms with van der Waals surface area (Å²) in [5.74, 6) is -2.04. The Kier molecular flexibility index (Phi) is 14.5. The fourth-order valence-corrected chi connectivity index (χ4v) is 4.40. The van der Waals surface area contributed by atoms with Crippen LogP contribution in [0.25, 0.3) is 0 Å². The number of rotatable bonds is 16. The molecule has 0 saturated carbocycles. The Morgan fingerprint density at radius 2 is 1.33 bits per heavy atom. The van der Waals surface area contributed by atoms with Crippen LogP contribution in [-0.2, 0) is 41.7 Å². The molecule has 5 N–H and O–H groups in total. The van der Waals surface area contributed by atoms with Crippen LogP contribution < -0.4 is 21.7 Å². The van der Waals surface area contributed by atoms with Gasteiger partial charge >= 0.3 is 12.1 Å². The lowest BCUT2D eigenvalue weighted by molar-refractivity contribution is -0.149. The van der Waals surface area contributed by atoms with Gasteiger partial charge in [0.05, 0.1) is 0 Å². The molecule has 0 aliphatic rings. The van der Waals surface area contributed by atoms with Crippen LogP contribution in [0.3, 0.4) is 0 Å². The molecule has 0 unspecified atom stereocenters. The number of nitrogens with one attached hydrogen (secondary N) is 3. The molecule has 0 fully saturated rings. The highest BCUT2D eigenvalue weighted by Crippen LogP contribution is 2.11. The molecule has 2 aromatic rings. The van der Waals surface area contributed by atoms with Gasteiger partial charge in [0.1, 0.15) is 30.3 Å². The third-order valence-corrected chi connectivity index (χ3v) is 6.68. The smallest absolute Gasteiger partial charge is 0.408 e. The minimum Gasteiger partial charge on any atom is -0.459 e. The normalized spacial score (nSPS) is 13.1. The van der Waals surface area contributed by atoms with Gasteiger partial charge in [-0.2, -0.15) is 11.8 Å². The van der Waals surface area contributed by atoms with Crippen LogP contribution in [0.1, 0.15) is 51.2 Å². The van der Waals surface area contributed by atoms with Crippen LogP contribution in [-0.4, -0.2) is 65.5 Å². The van der Waals surface area contributed by atoms with Crippen molar-refractivity contribution < 1.29 is 33.4 Å². The number of thioether (sulfide) groups is 1. The molecule has 0 aromatic heterocycles. The highest BCUT2D eigenvalue weighted by Gasteiger charge is 2.31. The Bertz CT molecular complexity index is 1210.